The molecule has 1 atom stereocenters. The van der Waals surface area contributed by atoms with E-state index >= 15 is 0 Å². The first kappa shape index (κ1) is 11.9. The highest BCUT2D eigenvalue weighted by Gasteiger charge is 2.53. The average Bonchev–Trinajstić information content (AvgIpc) is 3.11. The molecule has 3 heteroatoms. The van der Waals surface area contributed by atoms with Crippen molar-refractivity contribution in [3.05, 3.63) is 0 Å². The van der Waals surface area contributed by atoms with Gasteiger partial charge in [-0.3, -0.25) is 4.79 Å². The van der Waals surface area contributed by atoms with Crippen LogP contribution in [0.4, 0.5) is 0 Å². The third-order valence-electron chi connectivity index (χ3n) is 3.95. The van der Waals surface area contributed by atoms with Crippen LogP contribution in [0.25, 0.3) is 0 Å². The van der Waals surface area contributed by atoms with Gasteiger partial charge in [0, 0.05) is 13.1 Å². The Balaban J connectivity index is 1.62. The Labute approximate surface area is 97.9 Å². The molecule has 16 heavy (non-hydrogen) atoms. The summed E-state index contributed by atoms with van der Waals surface area (Å²) in [6.07, 6.45) is 5.63. The van der Waals surface area contributed by atoms with E-state index in [1.807, 2.05) is 13.8 Å². The van der Waals surface area contributed by atoms with E-state index in [1.165, 1.54) is 25.7 Å². The van der Waals surface area contributed by atoms with E-state index in [4.69, 9.17) is 4.74 Å². The van der Waals surface area contributed by atoms with Crippen LogP contribution in [-0.4, -0.2) is 25.7 Å². The summed E-state index contributed by atoms with van der Waals surface area (Å²) in [5.41, 5.74) is 0.619. The number of hydrogen-bond acceptors (Lipinski definition) is 3. The van der Waals surface area contributed by atoms with Crippen molar-refractivity contribution < 1.29 is 9.53 Å². The molecule has 0 heterocycles. The summed E-state index contributed by atoms with van der Waals surface area (Å²) in [5, 5.41) is 3.45. The summed E-state index contributed by atoms with van der Waals surface area (Å²) in [7, 11) is 0. The Morgan fingerprint density at radius 1 is 1.50 bits per heavy atom. The summed E-state index contributed by atoms with van der Waals surface area (Å²) >= 11 is 0. The molecule has 0 amide bonds. The van der Waals surface area contributed by atoms with Gasteiger partial charge >= 0.3 is 5.97 Å². The van der Waals surface area contributed by atoms with Crippen molar-refractivity contribution in [3.63, 3.8) is 0 Å². The van der Waals surface area contributed by atoms with Gasteiger partial charge in [0.2, 0.25) is 0 Å². The van der Waals surface area contributed by atoms with Crippen LogP contribution in [0.3, 0.4) is 0 Å². The van der Waals surface area contributed by atoms with Crippen molar-refractivity contribution in [1.82, 2.24) is 5.32 Å². The molecule has 2 fully saturated rings. The lowest BCUT2D eigenvalue weighted by Crippen LogP contribution is -2.32. The van der Waals surface area contributed by atoms with Crippen LogP contribution in [-0.2, 0) is 9.53 Å². The minimum Gasteiger partial charge on any atom is -0.466 e. The average molecular weight is 225 g/mol. The zero-order chi connectivity index (χ0) is 11.6. The first-order valence-corrected chi connectivity index (χ1v) is 6.55. The molecule has 0 aromatic carbocycles. The molecule has 0 spiro atoms. The monoisotopic (exact) mass is 225 g/mol. The number of carbonyl (C=O) groups is 1. The van der Waals surface area contributed by atoms with E-state index in [0.717, 1.165) is 19.0 Å². The molecule has 2 rings (SSSR count). The second-order valence-corrected chi connectivity index (χ2v) is 5.42. The Hall–Kier alpha value is -0.570. The van der Waals surface area contributed by atoms with Crippen LogP contribution in [0, 0.1) is 17.3 Å². The highest BCUT2D eigenvalue weighted by atomic mass is 16.5. The van der Waals surface area contributed by atoms with E-state index in [0.29, 0.717) is 12.0 Å². The number of carbonyl (C=O) groups excluding carboxylic acids is 1. The summed E-state index contributed by atoms with van der Waals surface area (Å²) in [6.45, 7) is 6.12. The predicted octanol–water partition coefficient (Wildman–Crippen LogP) is 1.97. The van der Waals surface area contributed by atoms with Gasteiger partial charge in [-0.05, 0) is 43.9 Å². The first-order chi connectivity index (χ1) is 7.68. The molecule has 0 bridgehead atoms. The number of ether oxygens (including phenoxy) is 1. The molecule has 0 aromatic heterocycles. The van der Waals surface area contributed by atoms with Crippen molar-refractivity contribution in [2.45, 2.75) is 39.5 Å². The summed E-state index contributed by atoms with van der Waals surface area (Å²) in [6, 6.07) is 0. The minimum atomic E-state index is -0.0775. The third kappa shape index (κ3) is 2.76. The normalized spacial score (nSPS) is 23.9. The van der Waals surface area contributed by atoms with Crippen LogP contribution < -0.4 is 5.32 Å². The second-order valence-electron chi connectivity index (χ2n) is 5.42. The number of rotatable bonds is 7. The quantitative estimate of drug-likeness (QED) is 0.673. The maximum absolute atomic E-state index is 11.4. The Morgan fingerprint density at radius 2 is 2.19 bits per heavy atom. The molecule has 92 valence electrons. The van der Waals surface area contributed by atoms with Crippen LogP contribution in [0.15, 0.2) is 0 Å². The van der Waals surface area contributed by atoms with Crippen molar-refractivity contribution >= 4 is 5.97 Å². The molecular formula is C13H23NO2. The smallest absolute Gasteiger partial charge is 0.309 e. The lowest BCUT2D eigenvalue weighted by atomic mass is 10.0. The number of esters is 1. The second kappa shape index (κ2) is 4.74. The van der Waals surface area contributed by atoms with Gasteiger partial charge in [-0.25, -0.2) is 0 Å². The van der Waals surface area contributed by atoms with Gasteiger partial charge in [-0.2, -0.15) is 0 Å². The van der Waals surface area contributed by atoms with E-state index in [1.54, 1.807) is 0 Å². The van der Waals surface area contributed by atoms with Crippen LogP contribution in [0.1, 0.15) is 39.5 Å². The molecule has 0 radical (unpaired) electrons. The molecule has 0 aromatic rings. The Bertz CT molecular complexity index is 257. The molecule has 2 aliphatic carbocycles. The van der Waals surface area contributed by atoms with Gasteiger partial charge in [0.1, 0.15) is 0 Å². The highest BCUT2D eigenvalue weighted by Crippen LogP contribution is 2.60. The zero-order valence-corrected chi connectivity index (χ0v) is 10.4. The van der Waals surface area contributed by atoms with E-state index in [9.17, 15) is 4.79 Å². The standard InChI is InChI=1S/C13H23NO2/c1-3-16-12(15)10(2)8-14-9-13(6-7-13)11-4-5-11/h10-11,14H,3-9H2,1-2H3. The molecule has 3 nitrogen and oxygen atoms in total. The van der Waals surface area contributed by atoms with Crippen LogP contribution >= 0.6 is 0 Å². The predicted molar refractivity (Wildman–Crippen MR) is 63.1 cm³/mol. The maximum Gasteiger partial charge on any atom is 0.309 e. The minimum absolute atomic E-state index is 0.0186. The molecule has 0 aliphatic heterocycles. The molecular weight excluding hydrogens is 202 g/mol. The van der Waals surface area contributed by atoms with E-state index in [-0.39, 0.29) is 11.9 Å². The Kier molecular flexibility index (Phi) is 3.53. The fourth-order valence-electron chi connectivity index (χ4n) is 2.49. The van der Waals surface area contributed by atoms with Gasteiger partial charge in [-0.15, -0.1) is 0 Å². The van der Waals surface area contributed by atoms with Crippen molar-refractivity contribution in [3.8, 4) is 0 Å². The maximum atomic E-state index is 11.4. The Morgan fingerprint density at radius 3 is 2.69 bits per heavy atom. The first-order valence-electron chi connectivity index (χ1n) is 6.55. The zero-order valence-electron chi connectivity index (χ0n) is 10.4. The van der Waals surface area contributed by atoms with Gasteiger partial charge in [0.05, 0.1) is 12.5 Å². The molecule has 0 saturated heterocycles. The van der Waals surface area contributed by atoms with Crippen molar-refractivity contribution in [2.75, 3.05) is 19.7 Å². The number of hydrogen-bond donors (Lipinski definition) is 1. The van der Waals surface area contributed by atoms with E-state index in [2.05, 4.69) is 5.32 Å². The van der Waals surface area contributed by atoms with Gasteiger partial charge in [0.25, 0.3) is 0 Å². The molecule has 2 saturated carbocycles. The molecule has 2 aliphatic rings. The third-order valence-corrected chi connectivity index (χ3v) is 3.95. The topological polar surface area (TPSA) is 38.3 Å². The summed E-state index contributed by atoms with van der Waals surface area (Å²) < 4.78 is 4.98. The van der Waals surface area contributed by atoms with Gasteiger partial charge in [0.15, 0.2) is 0 Å². The van der Waals surface area contributed by atoms with E-state index < -0.39 is 0 Å². The van der Waals surface area contributed by atoms with Crippen LogP contribution in [0.2, 0.25) is 0 Å². The fourth-order valence-corrected chi connectivity index (χ4v) is 2.49. The summed E-state index contributed by atoms with van der Waals surface area (Å²) in [5.74, 6) is 0.888. The number of nitrogens with one attached hydrogen (secondary N) is 1. The van der Waals surface area contributed by atoms with Crippen molar-refractivity contribution in [2.24, 2.45) is 17.3 Å². The summed E-state index contributed by atoms with van der Waals surface area (Å²) in [4.78, 5) is 11.4. The largest absolute Gasteiger partial charge is 0.466 e. The lowest BCUT2D eigenvalue weighted by molar-refractivity contribution is -0.147. The lowest BCUT2D eigenvalue weighted by Gasteiger charge is -2.17. The molecule has 1 unspecified atom stereocenters. The van der Waals surface area contributed by atoms with Crippen LogP contribution in [0.5, 0.6) is 0 Å². The SMILES string of the molecule is CCOC(=O)C(C)CNCC1(C2CC2)CC1. The van der Waals surface area contributed by atoms with Gasteiger partial charge in [-0.1, -0.05) is 6.92 Å². The highest BCUT2D eigenvalue weighted by molar-refractivity contribution is 5.72. The van der Waals surface area contributed by atoms with Crippen molar-refractivity contribution in [1.29, 1.82) is 0 Å². The van der Waals surface area contributed by atoms with Gasteiger partial charge < -0.3 is 10.1 Å². The fraction of sp³-hybridized carbons (Fsp3) is 0.923. The molecule has 1 N–H and O–H groups in total.